The summed E-state index contributed by atoms with van der Waals surface area (Å²) in [7, 11) is 0. The number of aromatic nitrogens is 2. The van der Waals surface area contributed by atoms with Gasteiger partial charge in [-0.05, 0) is 23.8 Å². The van der Waals surface area contributed by atoms with Gasteiger partial charge in [0.1, 0.15) is 0 Å². The second-order valence-corrected chi connectivity index (χ2v) is 4.63. The highest BCUT2D eigenvalue weighted by molar-refractivity contribution is 6.31. The van der Waals surface area contributed by atoms with E-state index in [2.05, 4.69) is 4.98 Å². The van der Waals surface area contributed by atoms with Crippen LogP contribution in [0.5, 0.6) is 0 Å². The molecule has 100 valence electrons. The largest absolute Gasteiger partial charge is 0.422 e. The molecule has 0 spiro atoms. The highest BCUT2D eigenvalue weighted by Gasteiger charge is 2.10. The van der Waals surface area contributed by atoms with Gasteiger partial charge in [0, 0.05) is 12.4 Å². The standard InChI is InChI=1S/C14H9ClN2O3/c15-11-7-16-6-5-9(11)8-17-12-4-2-1-3-10(12)13(18)20-14(17)19/h1-7H,8H2. The molecule has 3 aromatic rings. The second-order valence-electron chi connectivity index (χ2n) is 4.23. The van der Waals surface area contributed by atoms with Gasteiger partial charge in [-0.15, -0.1) is 0 Å². The zero-order chi connectivity index (χ0) is 14.1. The molecule has 0 aliphatic carbocycles. The Morgan fingerprint density at radius 1 is 1.20 bits per heavy atom. The van der Waals surface area contributed by atoms with Crippen molar-refractivity contribution < 1.29 is 4.42 Å². The molecular weight excluding hydrogens is 280 g/mol. The summed E-state index contributed by atoms with van der Waals surface area (Å²) >= 11 is 6.04. The van der Waals surface area contributed by atoms with Crippen LogP contribution in [0.4, 0.5) is 0 Å². The number of nitrogens with zero attached hydrogens (tertiary/aromatic N) is 2. The van der Waals surface area contributed by atoms with Crippen LogP contribution in [0.3, 0.4) is 0 Å². The zero-order valence-electron chi connectivity index (χ0n) is 10.2. The number of benzene rings is 1. The first-order valence-corrected chi connectivity index (χ1v) is 6.25. The first kappa shape index (κ1) is 12.6. The summed E-state index contributed by atoms with van der Waals surface area (Å²) in [5.74, 6) is -0.707. The molecule has 0 unspecified atom stereocenters. The summed E-state index contributed by atoms with van der Waals surface area (Å²) in [5, 5.41) is 0.812. The predicted octanol–water partition coefficient (Wildman–Crippen LogP) is 2.05. The minimum atomic E-state index is -0.707. The van der Waals surface area contributed by atoms with Crippen molar-refractivity contribution in [2.24, 2.45) is 0 Å². The third-order valence-electron chi connectivity index (χ3n) is 3.00. The lowest BCUT2D eigenvalue weighted by molar-refractivity contribution is 0.425. The zero-order valence-corrected chi connectivity index (χ0v) is 11.0. The Labute approximate surface area is 118 Å². The van der Waals surface area contributed by atoms with Crippen molar-refractivity contribution in [3.63, 3.8) is 0 Å². The fourth-order valence-electron chi connectivity index (χ4n) is 2.02. The third-order valence-corrected chi connectivity index (χ3v) is 3.34. The molecule has 20 heavy (non-hydrogen) atoms. The molecule has 0 saturated carbocycles. The first-order valence-electron chi connectivity index (χ1n) is 5.88. The van der Waals surface area contributed by atoms with E-state index in [9.17, 15) is 9.59 Å². The summed E-state index contributed by atoms with van der Waals surface area (Å²) in [6.45, 7) is 0.213. The Kier molecular flexibility index (Phi) is 3.12. The third kappa shape index (κ3) is 2.12. The molecule has 1 aromatic carbocycles. The molecule has 0 fully saturated rings. The minimum Gasteiger partial charge on any atom is -0.372 e. The Bertz CT molecular complexity index is 899. The monoisotopic (exact) mass is 288 g/mol. The van der Waals surface area contributed by atoms with E-state index in [0.717, 1.165) is 5.56 Å². The molecule has 0 amide bonds. The predicted molar refractivity (Wildman–Crippen MR) is 75.1 cm³/mol. The smallest absolute Gasteiger partial charge is 0.372 e. The molecule has 0 aliphatic heterocycles. The van der Waals surface area contributed by atoms with Crippen LogP contribution >= 0.6 is 11.6 Å². The van der Waals surface area contributed by atoms with Gasteiger partial charge in [-0.1, -0.05) is 23.7 Å². The Hall–Kier alpha value is -2.40. The van der Waals surface area contributed by atoms with Gasteiger partial charge in [0.25, 0.3) is 0 Å². The van der Waals surface area contributed by atoms with Gasteiger partial charge in [-0.25, -0.2) is 9.59 Å². The van der Waals surface area contributed by atoms with Crippen molar-refractivity contribution in [2.45, 2.75) is 6.54 Å². The van der Waals surface area contributed by atoms with E-state index in [4.69, 9.17) is 16.0 Å². The number of rotatable bonds is 2. The van der Waals surface area contributed by atoms with Gasteiger partial charge in [0.15, 0.2) is 0 Å². The van der Waals surface area contributed by atoms with E-state index < -0.39 is 11.4 Å². The SMILES string of the molecule is O=c1oc(=O)n(Cc2ccncc2Cl)c2ccccc12. The van der Waals surface area contributed by atoms with E-state index >= 15 is 0 Å². The van der Waals surface area contributed by atoms with Gasteiger partial charge < -0.3 is 4.42 Å². The minimum absolute atomic E-state index is 0.213. The van der Waals surface area contributed by atoms with Gasteiger partial charge in [-0.2, -0.15) is 0 Å². The van der Waals surface area contributed by atoms with E-state index in [1.165, 1.54) is 10.8 Å². The highest BCUT2D eigenvalue weighted by Crippen LogP contribution is 2.16. The Morgan fingerprint density at radius 3 is 2.80 bits per heavy atom. The van der Waals surface area contributed by atoms with Crippen LogP contribution in [0.25, 0.3) is 10.9 Å². The fourth-order valence-corrected chi connectivity index (χ4v) is 2.20. The number of para-hydroxylation sites is 1. The molecule has 3 rings (SSSR count). The molecule has 0 atom stereocenters. The molecule has 6 heteroatoms. The van der Waals surface area contributed by atoms with Crippen molar-refractivity contribution in [3.8, 4) is 0 Å². The Morgan fingerprint density at radius 2 is 2.00 bits per heavy atom. The van der Waals surface area contributed by atoms with Crippen LogP contribution < -0.4 is 11.4 Å². The molecule has 0 radical (unpaired) electrons. The average Bonchev–Trinajstić information content (AvgIpc) is 2.45. The van der Waals surface area contributed by atoms with Crippen LogP contribution in [0.15, 0.2) is 56.7 Å². The topological polar surface area (TPSA) is 65.1 Å². The van der Waals surface area contributed by atoms with Crippen molar-refractivity contribution in [3.05, 3.63) is 74.3 Å². The maximum absolute atomic E-state index is 11.9. The molecule has 0 bridgehead atoms. The molecule has 0 N–H and O–H groups in total. The van der Waals surface area contributed by atoms with Crippen LogP contribution in [0, 0.1) is 0 Å². The first-order chi connectivity index (χ1) is 9.66. The number of pyridine rings is 1. The van der Waals surface area contributed by atoms with Gasteiger partial charge >= 0.3 is 11.4 Å². The van der Waals surface area contributed by atoms with Crippen LogP contribution in [0.2, 0.25) is 5.02 Å². The van der Waals surface area contributed by atoms with Crippen molar-refractivity contribution in [1.29, 1.82) is 0 Å². The van der Waals surface area contributed by atoms with Crippen molar-refractivity contribution in [1.82, 2.24) is 9.55 Å². The number of hydrogen-bond donors (Lipinski definition) is 0. The molecule has 0 saturated heterocycles. The van der Waals surface area contributed by atoms with E-state index in [1.54, 1.807) is 36.5 Å². The lowest BCUT2D eigenvalue weighted by Crippen LogP contribution is -2.25. The maximum atomic E-state index is 11.9. The average molecular weight is 289 g/mol. The van der Waals surface area contributed by atoms with Crippen molar-refractivity contribution in [2.75, 3.05) is 0 Å². The molecule has 5 nitrogen and oxygen atoms in total. The lowest BCUT2D eigenvalue weighted by atomic mass is 10.2. The number of halogens is 1. The number of fused-ring (bicyclic) bond motifs is 1. The van der Waals surface area contributed by atoms with E-state index in [-0.39, 0.29) is 6.54 Å². The second kappa shape index (κ2) is 4.94. The van der Waals surface area contributed by atoms with E-state index in [0.29, 0.717) is 15.9 Å². The normalized spacial score (nSPS) is 10.8. The summed E-state index contributed by atoms with van der Waals surface area (Å²) in [4.78, 5) is 27.5. The summed E-state index contributed by atoms with van der Waals surface area (Å²) in [5.41, 5.74) is 0.604. The quantitative estimate of drug-likeness (QED) is 0.724. The lowest BCUT2D eigenvalue weighted by Gasteiger charge is -2.09. The maximum Gasteiger partial charge on any atom is 0.422 e. The summed E-state index contributed by atoms with van der Waals surface area (Å²) in [6, 6.07) is 8.50. The summed E-state index contributed by atoms with van der Waals surface area (Å²) in [6.07, 6.45) is 3.09. The van der Waals surface area contributed by atoms with E-state index in [1.807, 2.05) is 0 Å². The summed E-state index contributed by atoms with van der Waals surface area (Å²) < 4.78 is 6.10. The van der Waals surface area contributed by atoms with Gasteiger partial charge in [0.05, 0.1) is 22.5 Å². The molecular formula is C14H9ClN2O3. The molecule has 0 aliphatic rings. The van der Waals surface area contributed by atoms with Crippen molar-refractivity contribution >= 4 is 22.5 Å². The van der Waals surface area contributed by atoms with Crippen LogP contribution in [0.1, 0.15) is 5.56 Å². The molecule has 2 aromatic heterocycles. The van der Waals surface area contributed by atoms with Gasteiger partial charge in [-0.3, -0.25) is 9.55 Å². The highest BCUT2D eigenvalue weighted by atomic mass is 35.5. The number of hydrogen-bond acceptors (Lipinski definition) is 4. The van der Waals surface area contributed by atoms with Crippen LogP contribution in [-0.2, 0) is 6.54 Å². The van der Waals surface area contributed by atoms with Crippen LogP contribution in [-0.4, -0.2) is 9.55 Å². The molecule has 2 heterocycles. The Balaban J connectivity index is 2.25. The fraction of sp³-hybridized carbons (Fsp3) is 0.0714. The van der Waals surface area contributed by atoms with Gasteiger partial charge in [0.2, 0.25) is 0 Å².